The Hall–Kier alpha value is -3.23. The molecule has 4 rings (SSSR count). The number of amides is 1. The van der Waals surface area contributed by atoms with Crippen LogP contribution >= 0.6 is 22.9 Å². The number of ether oxygens (including phenoxy) is 1. The van der Waals surface area contributed by atoms with Crippen LogP contribution in [0.3, 0.4) is 0 Å². The molecule has 2 heterocycles. The van der Waals surface area contributed by atoms with Crippen LogP contribution in [0.2, 0.25) is 5.02 Å². The molecule has 0 aliphatic heterocycles. The standard InChI is InChI=1S/C22H19ClN4O3S/c1-13-6-7-18(14(2)8-13)30-12-19(28)24-11-17-10-20(29)27-22(25-17)31-21(26-27)15-4-3-5-16(23)9-15/h3-10H,11-12H2,1-2H3,(H,24,28). The van der Waals surface area contributed by atoms with Crippen LogP contribution in [-0.2, 0) is 11.3 Å². The molecule has 0 aliphatic carbocycles. The Bertz CT molecular complexity index is 1330. The molecule has 2 aromatic carbocycles. The molecule has 158 valence electrons. The SMILES string of the molecule is Cc1ccc(OCC(=O)NCc2cc(=O)n3nc(-c4cccc(Cl)c4)sc3n2)c(C)c1. The zero-order valence-electron chi connectivity index (χ0n) is 16.9. The van der Waals surface area contributed by atoms with Gasteiger partial charge in [-0.05, 0) is 37.6 Å². The van der Waals surface area contributed by atoms with E-state index in [1.165, 1.54) is 21.9 Å². The summed E-state index contributed by atoms with van der Waals surface area (Å²) in [5.41, 5.74) is 3.04. The Labute approximate surface area is 187 Å². The molecule has 4 aromatic rings. The van der Waals surface area contributed by atoms with Crippen LogP contribution in [0.4, 0.5) is 0 Å². The van der Waals surface area contributed by atoms with Crippen molar-refractivity contribution in [2.24, 2.45) is 0 Å². The average Bonchev–Trinajstić information content (AvgIpc) is 3.16. The van der Waals surface area contributed by atoms with Gasteiger partial charge in [0.25, 0.3) is 11.5 Å². The second-order valence-electron chi connectivity index (χ2n) is 7.03. The van der Waals surface area contributed by atoms with Gasteiger partial charge in [-0.3, -0.25) is 9.59 Å². The van der Waals surface area contributed by atoms with E-state index in [0.29, 0.717) is 26.4 Å². The summed E-state index contributed by atoms with van der Waals surface area (Å²) in [5, 5.41) is 8.28. The van der Waals surface area contributed by atoms with E-state index in [2.05, 4.69) is 15.4 Å². The van der Waals surface area contributed by atoms with E-state index in [4.69, 9.17) is 16.3 Å². The predicted octanol–water partition coefficient (Wildman–Crippen LogP) is 3.78. The first kappa shape index (κ1) is 21.0. The van der Waals surface area contributed by atoms with Crippen molar-refractivity contribution in [3.8, 4) is 16.3 Å². The lowest BCUT2D eigenvalue weighted by Gasteiger charge is -2.10. The van der Waals surface area contributed by atoms with E-state index in [1.807, 2.05) is 44.2 Å². The van der Waals surface area contributed by atoms with Crippen LogP contribution < -0.4 is 15.6 Å². The van der Waals surface area contributed by atoms with Gasteiger partial charge in [0.05, 0.1) is 12.2 Å². The summed E-state index contributed by atoms with van der Waals surface area (Å²) in [6.45, 7) is 3.92. The maximum Gasteiger partial charge on any atom is 0.275 e. The third-order valence-corrected chi connectivity index (χ3v) is 5.72. The molecule has 1 N–H and O–H groups in total. The van der Waals surface area contributed by atoms with Crippen LogP contribution in [0.5, 0.6) is 5.75 Å². The lowest BCUT2D eigenvalue weighted by Crippen LogP contribution is -2.29. The lowest BCUT2D eigenvalue weighted by molar-refractivity contribution is -0.123. The molecule has 0 radical (unpaired) electrons. The molecule has 1 amide bonds. The fourth-order valence-corrected chi connectivity index (χ4v) is 4.14. The first-order valence-corrected chi connectivity index (χ1v) is 10.7. The van der Waals surface area contributed by atoms with Gasteiger partial charge in [0.1, 0.15) is 10.8 Å². The number of fused-ring (bicyclic) bond motifs is 1. The van der Waals surface area contributed by atoms with Crippen molar-refractivity contribution >= 4 is 33.8 Å². The number of nitrogens with one attached hydrogen (secondary N) is 1. The number of hydrogen-bond donors (Lipinski definition) is 1. The smallest absolute Gasteiger partial charge is 0.275 e. The highest BCUT2D eigenvalue weighted by Gasteiger charge is 2.12. The van der Waals surface area contributed by atoms with Gasteiger partial charge in [0.15, 0.2) is 6.61 Å². The summed E-state index contributed by atoms with van der Waals surface area (Å²) >= 11 is 7.32. The minimum Gasteiger partial charge on any atom is -0.484 e. The zero-order chi connectivity index (χ0) is 22.0. The second-order valence-corrected chi connectivity index (χ2v) is 8.42. The monoisotopic (exact) mass is 454 g/mol. The van der Waals surface area contributed by atoms with E-state index >= 15 is 0 Å². The quantitative estimate of drug-likeness (QED) is 0.479. The molecule has 0 saturated heterocycles. The molecule has 0 fully saturated rings. The Kier molecular flexibility index (Phi) is 6.01. The van der Waals surface area contributed by atoms with Gasteiger partial charge in [0.2, 0.25) is 4.96 Å². The molecule has 31 heavy (non-hydrogen) atoms. The fraction of sp³-hybridized carbons (Fsp3) is 0.182. The van der Waals surface area contributed by atoms with Crippen LogP contribution in [0.15, 0.2) is 53.3 Å². The van der Waals surface area contributed by atoms with Crippen LogP contribution in [0, 0.1) is 13.8 Å². The van der Waals surface area contributed by atoms with Crippen molar-refractivity contribution < 1.29 is 9.53 Å². The largest absolute Gasteiger partial charge is 0.484 e. The van der Waals surface area contributed by atoms with E-state index in [-0.39, 0.29) is 24.6 Å². The zero-order valence-corrected chi connectivity index (χ0v) is 18.5. The molecule has 9 heteroatoms. The molecule has 0 bridgehead atoms. The average molecular weight is 455 g/mol. The summed E-state index contributed by atoms with van der Waals surface area (Å²) in [6, 6.07) is 14.4. The Balaban J connectivity index is 1.43. The summed E-state index contributed by atoms with van der Waals surface area (Å²) in [6.07, 6.45) is 0. The Morgan fingerprint density at radius 3 is 2.81 bits per heavy atom. The van der Waals surface area contributed by atoms with Crippen LogP contribution in [0.25, 0.3) is 15.5 Å². The number of rotatable bonds is 6. The molecule has 0 spiro atoms. The third kappa shape index (κ3) is 4.92. The molecule has 0 unspecified atom stereocenters. The van der Waals surface area contributed by atoms with Crippen LogP contribution in [-0.4, -0.2) is 27.1 Å². The maximum absolute atomic E-state index is 12.4. The minimum atomic E-state index is -0.315. The summed E-state index contributed by atoms with van der Waals surface area (Å²) in [4.78, 5) is 29.5. The minimum absolute atomic E-state index is 0.116. The van der Waals surface area contributed by atoms with E-state index in [9.17, 15) is 9.59 Å². The number of aryl methyl sites for hydroxylation is 2. The van der Waals surface area contributed by atoms with Crippen LogP contribution in [0.1, 0.15) is 16.8 Å². The highest BCUT2D eigenvalue weighted by Crippen LogP contribution is 2.26. The van der Waals surface area contributed by atoms with Crippen molar-refractivity contribution in [1.29, 1.82) is 0 Å². The van der Waals surface area contributed by atoms with E-state index in [1.54, 1.807) is 12.1 Å². The van der Waals surface area contributed by atoms with Gasteiger partial charge in [-0.2, -0.15) is 9.61 Å². The highest BCUT2D eigenvalue weighted by atomic mass is 35.5. The Morgan fingerprint density at radius 1 is 1.19 bits per heavy atom. The van der Waals surface area contributed by atoms with Gasteiger partial charge >= 0.3 is 0 Å². The number of halogens is 1. The molecule has 0 aliphatic rings. The Morgan fingerprint density at radius 2 is 2.03 bits per heavy atom. The van der Waals surface area contributed by atoms with Crippen molar-refractivity contribution in [2.75, 3.05) is 6.61 Å². The maximum atomic E-state index is 12.4. The second kappa shape index (κ2) is 8.87. The number of benzene rings is 2. The predicted molar refractivity (Wildman–Crippen MR) is 121 cm³/mol. The van der Waals surface area contributed by atoms with Crippen molar-refractivity contribution in [2.45, 2.75) is 20.4 Å². The summed E-state index contributed by atoms with van der Waals surface area (Å²) in [7, 11) is 0. The van der Waals surface area contributed by atoms with Crippen molar-refractivity contribution in [3.63, 3.8) is 0 Å². The number of hydrogen-bond acceptors (Lipinski definition) is 6. The first-order chi connectivity index (χ1) is 14.9. The van der Waals surface area contributed by atoms with Crippen molar-refractivity contribution in [1.82, 2.24) is 19.9 Å². The van der Waals surface area contributed by atoms with Gasteiger partial charge in [-0.25, -0.2) is 4.98 Å². The van der Waals surface area contributed by atoms with Gasteiger partial charge in [0, 0.05) is 16.7 Å². The summed E-state index contributed by atoms with van der Waals surface area (Å²) < 4.78 is 6.83. The van der Waals surface area contributed by atoms with Gasteiger partial charge in [-0.1, -0.05) is 52.8 Å². The number of aromatic nitrogens is 3. The molecular formula is C22H19ClN4O3S. The molecule has 0 saturated carbocycles. The van der Waals surface area contributed by atoms with Gasteiger partial charge in [-0.15, -0.1) is 0 Å². The molecular weight excluding hydrogens is 436 g/mol. The number of nitrogens with zero attached hydrogens (tertiary/aromatic N) is 3. The number of carbonyl (C=O) groups excluding carboxylic acids is 1. The molecule has 7 nitrogen and oxygen atoms in total. The highest BCUT2D eigenvalue weighted by molar-refractivity contribution is 7.19. The topological polar surface area (TPSA) is 85.6 Å². The third-order valence-electron chi connectivity index (χ3n) is 4.53. The first-order valence-electron chi connectivity index (χ1n) is 9.51. The van der Waals surface area contributed by atoms with E-state index in [0.717, 1.165) is 16.7 Å². The molecule has 2 aromatic heterocycles. The fourth-order valence-electron chi connectivity index (χ4n) is 3.03. The van der Waals surface area contributed by atoms with Gasteiger partial charge < -0.3 is 10.1 Å². The summed E-state index contributed by atoms with van der Waals surface area (Å²) in [5.74, 6) is 0.364. The number of carbonyl (C=O) groups is 1. The normalized spacial score (nSPS) is 10.9. The lowest BCUT2D eigenvalue weighted by atomic mass is 10.1. The molecule has 0 atom stereocenters. The van der Waals surface area contributed by atoms with E-state index < -0.39 is 0 Å². The van der Waals surface area contributed by atoms with Crippen molar-refractivity contribution in [3.05, 3.63) is 80.7 Å².